The maximum absolute atomic E-state index is 5.40. The molecule has 0 aliphatic carbocycles. The molecule has 0 aromatic carbocycles. The smallest absolute Gasteiger partial charge is 0.0797 e. The van der Waals surface area contributed by atoms with Gasteiger partial charge < -0.3 is 10.1 Å². The standard InChI is InChI=1S/C12H20N2OS/c1-9(11-4-6-15-7-11)13-5-3-12-10(2)14-8-16-12/h8-9,11,13H,3-7H2,1-2H3. The van der Waals surface area contributed by atoms with Gasteiger partial charge in [-0.1, -0.05) is 0 Å². The highest BCUT2D eigenvalue weighted by Gasteiger charge is 2.21. The van der Waals surface area contributed by atoms with E-state index in [0.29, 0.717) is 12.0 Å². The first-order valence-electron chi connectivity index (χ1n) is 5.97. The normalized spacial score (nSPS) is 22.5. The highest BCUT2D eigenvalue weighted by Crippen LogP contribution is 2.17. The van der Waals surface area contributed by atoms with Gasteiger partial charge in [0, 0.05) is 24.1 Å². The molecule has 2 atom stereocenters. The van der Waals surface area contributed by atoms with Crippen molar-refractivity contribution < 1.29 is 4.74 Å². The van der Waals surface area contributed by atoms with E-state index in [-0.39, 0.29) is 0 Å². The number of nitrogens with one attached hydrogen (secondary N) is 1. The molecular weight excluding hydrogens is 220 g/mol. The summed E-state index contributed by atoms with van der Waals surface area (Å²) in [7, 11) is 0. The van der Waals surface area contributed by atoms with Crippen molar-refractivity contribution in [2.45, 2.75) is 32.7 Å². The van der Waals surface area contributed by atoms with Gasteiger partial charge in [-0.15, -0.1) is 11.3 Å². The second-order valence-corrected chi connectivity index (χ2v) is 5.42. The summed E-state index contributed by atoms with van der Waals surface area (Å²) in [6.07, 6.45) is 2.29. The lowest BCUT2D eigenvalue weighted by Gasteiger charge is -2.18. The number of rotatable bonds is 5. The highest BCUT2D eigenvalue weighted by atomic mass is 32.1. The van der Waals surface area contributed by atoms with Gasteiger partial charge in [-0.2, -0.15) is 0 Å². The van der Waals surface area contributed by atoms with Crippen LogP contribution in [-0.4, -0.2) is 30.8 Å². The van der Waals surface area contributed by atoms with Crippen LogP contribution in [0.1, 0.15) is 23.9 Å². The van der Waals surface area contributed by atoms with E-state index in [0.717, 1.165) is 26.2 Å². The zero-order chi connectivity index (χ0) is 11.4. The van der Waals surface area contributed by atoms with E-state index in [4.69, 9.17) is 4.74 Å². The quantitative estimate of drug-likeness (QED) is 0.855. The second kappa shape index (κ2) is 5.75. The molecule has 1 aromatic rings. The number of hydrogen-bond acceptors (Lipinski definition) is 4. The predicted octanol–water partition coefficient (Wildman–Crippen LogP) is 2.01. The van der Waals surface area contributed by atoms with Crippen molar-refractivity contribution >= 4 is 11.3 Å². The first-order valence-corrected chi connectivity index (χ1v) is 6.85. The van der Waals surface area contributed by atoms with Crippen molar-refractivity contribution in [1.82, 2.24) is 10.3 Å². The Morgan fingerprint density at radius 1 is 1.69 bits per heavy atom. The van der Waals surface area contributed by atoms with Crippen molar-refractivity contribution in [3.05, 3.63) is 16.1 Å². The molecule has 1 N–H and O–H groups in total. The lowest BCUT2D eigenvalue weighted by atomic mass is 10.0. The zero-order valence-corrected chi connectivity index (χ0v) is 10.8. The third kappa shape index (κ3) is 3.03. The summed E-state index contributed by atoms with van der Waals surface area (Å²) in [6.45, 7) is 7.25. The van der Waals surface area contributed by atoms with E-state index in [1.165, 1.54) is 17.0 Å². The number of hydrogen-bond donors (Lipinski definition) is 1. The summed E-state index contributed by atoms with van der Waals surface area (Å²) in [5, 5.41) is 3.59. The first-order chi connectivity index (χ1) is 7.77. The molecule has 3 nitrogen and oxygen atoms in total. The highest BCUT2D eigenvalue weighted by molar-refractivity contribution is 7.09. The predicted molar refractivity (Wildman–Crippen MR) is 66.9 cm³/mol. The second-order valence-electron chi connectivity index (χ2n) is 4.48. The van der Waals surface area contributed by atoms with E-state index < -0.39 is 0 Å². The van der Waals surface area contributed by atoms with E-state index >= 15 is 0 Å². The Hall–Kier alpha value is -0.450. The molecule has 0 saturated carbocycles. The Morgan fingerprint density at radius 3 is 3.19 bits per heavy atom. The SMILES string of the molecule is Cc1ncsc1CCNC(C)C1CCOC1. The minimum Gasteiger partial charge on any atom is -0.381 e. The van der Waals surface area contributed by atoms with Crippen LogP contribution in [0.5, 0.6) is 0 Å². The Kier molecular flexibility index (Phi) is 4.32. The summed E-state index contributed by atoms with van der Waals surface area (Å²) in [5.74, 6) is 0.697. The molecule has 0 spiro atoms. The Bertz CT molecular complexity index is 321. The molecule has 0 bridgehead atoms. The number of thiazole rings is 1. The van der Waals surface area contributed by atoms with Gasteiger partial charge in [0.05, 0.1) is 17.8 Å². The van der Waals surface area contributed by atoms with Gasteiger partial charge in [-0.3, -0.25) is 0 Å². The van der Waals surface area contributed by atoms with E-state index in [9.17, 15) is 0 Å². The average Bonchev–Trinajstić information content (AvgIpc) is 2.90. The fourth-order valence-corrected chi connectivity index (χ4v) is 2.87. The fraction of sp³-hybridized carbons (Fsp3) is 0.750. The molecule has 90 valence electrons. The van der Waals surface area contributed by atoms with Crippen LogP contribution < -0.4 is 5.32 Å². The number of ether oxygens (including phenoxy) is 1. The van der Waals surface area contributed by atoms with Gasteiger partial charge in [0.25, 0.3) is 0 Å². The van der Waals surface area contributed by atoms with Crippen molar-refractivity contribution in [2.75, 3.05) is 19.8 Å². The number of aryl methyl sites for hydroxylation is 1. The van der Waals surface area contributed by atoms with Crippen molar-refractivity contribution in [3.63, 3.8) is 0 Å². The first kappa shape index (κ1) is 12.0. The van der Waals surface area contributed by atoms with Gasteiger partial charge in [-0.05, 0) is 32.6 Å². The van der Waals surface area contributed by atoms with Crippen LogP contribution in [0.2, 0.25) is 0 Å². The molecule has 1 aliphatic heterocycles. The third-order valence-electron chi connectivity index (χ3n) is 3.34. The van der Waals surface area contributed by atoms with Crippen LogP contribution in [0, 0.1) is 12.8 Å². The van der Waals surface area contributed by atoms with Crippen LogP contribution in [0.3, 0.4) is 0 Å². The molecule has 0 amide bonds. The topological polar surface area (TPSA) is 34.2 Å². The average molecular weight is 240 g/mol. The molecule has 1 saturated heterocycles. The third-order valence-corrected chi connectivity index (χ3v) is 4.33. The van der Waals surface area contributed by atoms with Gasteiger partial charge in [0.2, 0.25) is 0 Å². The molecular formula is C12H20N2OS. The van der Waals surface area contributed by atoms with Gasteiger partial charge >= 0.3 is 0 Å². The van der Waals surface area contributed by atoms with Crippen LogP contribution in [0.4, 0.5) is 0 Å². The minimum atomic E-state index is 0.565. The molecule has 4 heteroatoms. The largest absolute Gasteiger partial charge is 0.381 e. The Morgan fingerprint density at radius 2 is 2.56 bits per heavy atom. The summed E-state index contributed by atoms with van der Waals surface area (Å²) in [5.41, 5.74) is 3.11. The number of nitrogens with zero attached hydrogens (tertiary/aromatic N) is 1. The number of aromatic nitrogens is 1. The summed E-state index contributed by atoms with van der Waals surface area (Å²) < 4.78 is 5.40. The molecule has 2 rings (SSSR count). The van der Waals surface area contributed by atoms with Crippen LogP contribution in [-0.2, 0) is 11.2 Å². The molecule has 2 unspecified atom stereocenters. The van der Waals surface area contributed by atoms with Crippen molar-refractivity contribution in [3.8, 4) is 0 Å². The molecule has 0 radical (unpaired) electrons. The molecule has 1 aromatic heterocycles. The maximum Gasteiger partial charge on any atom is 0.0797 e. The lowest BCUT2D eigenvalue weighted by molar-refractivity contribution is 0.178. The molecule has 16 heavy (non-hydrogen) atoms. The Labute approximate surface area is 101 Å². The summed E-state index contributed by atoms with van der Waals surface area (Å²) in [4.78, 5) is 5.67. The van der Waals surface area contributed by atoms with Gasteiger partial charge in [-0.25, -0.2) is 4.98 Å². The minimum absolute atomic E-state index is 0.565. The molecule has 2 heterocycles. The van der Waals surface area contributed by atoms with Crippen molar-refractivity contribution in [2.24, 2.45) is 5.92 Å². The maximum atomic E-state index is 5.40. The monoisotopic (exact) mass is 240 g/mol. The molecule has 1 aliphatic rings. The zero-order valence-electron chi connectivity index (χ0n) is 10.0. The lowest BCUT2D eigenvalue weighted by Crippen LogP contribution is -2.35. The van der Waals surface area contributed by atoms with Crippen LogP contribution in [0.15, 0.2) is 5.51 Å². The summed E-state index contributed by atoms with van der Waals surface area (Å²) in [6, 6.07) is 0.565. The summed E-state index contributed by atoms with van der Waals surface area (Å²) >= 11 is 1.76. The van der Waals surface area contributed by atoms with Gasteiger partial charge in [0.15, 0.2) is 0 Å². The van der Waals surface area contributed by atoms with Crippen molar-refractivity contribution in [1.29, 1.82) is 0 Å². The van der Waals surface area contributed by atoms with E-state index in [1.54, 1.807) is 11.3 Å². The Balaban J connectivity index is 1.69. The molecule has 1 fully saturated rings. The fourth-order valence-electron chi connectivity index (χ4n) is 2.09. The van der Waals surface area contributed by atoms with Gasteiger partial charge in [0.1, 0.15) is 0 Å². The van der Waals surface area contributed by atoms with E-state index in [2.05, 4.69) is 24.1 Å². The van der Waals surface area contributed by atoms with E-state index in [1.807, 2.05) is 5.51 Å². The van der Waals surface area contributed by atoms with Crippen LogP contribution in [0.25, 0.3) is 0 Å². The van der Waals surface area contributed by atoms with Crippen LogP contribution >= 0.6 is 11.3 Å².